The lowest BCUT2D eigenvalue weighted by atomic mass is 9.99. The van der Waals surface area contributed by atoms with Gasteiger partial charge in [0.1, 0.15) is 0 Å². The molecule has 0 aliphatic rings. The molecule has 0 aromatic heterocycles. The average molecular weight is 115 g/mol. The van der Waals surface area contributed by atoms with Crippen molar-refractivity contribution in [3.8, 4) is 0 Å². The van der Waals surface area contributed by atoms with Gasteiger partial charge < -0.3 is 5.73 Å². The number of rotatable bonds is 3. The highest BCUT2D eigenvalue weighted by molar-refractivity contribution is 4.70. The van der Waals surface area contributed by atoms with Gasteiger partial charge in [-0.15, -0.1) is 0 Å². The molecule has 1 heteroatoms. The van der Waals surface area contributed by atoms with Crippen molar-refractivity contribution in [2.75, 3.05) is 0 Å². The van der Waals surface area contributed by atoms with Gasteiger partial charge in [0.25, 0.3) is 0 Å². The summed E-state index contributed by atoms with van der Waals surface area (Å²) in [7, 11) is 0. The van der Waals surface area contributed by atoms with Crippen molar-refractivity contribution in [3.63, 3.8) is 0 Å². The molecule has 0 bridgehead atoms. The van der Waals surface area contributed by atoms with Crippen molar-refractivity contribution < 1.29 is 0 Å². The topological polar surface area (TPSA) is 26.0 Å². The van der Waals surface area contributed by atoms with Crippen LogP contribution in [0.1, 0.15) is 40.0 Å². The van der Waals surface area contributed by atoms with Crippen LogP contribution >= 0.6 is 0 Å². The fourth-order valence-electron chi connectivity index (χ4n) is 0.632. The molecule has 0 aromatic carbocycles. The second-order valence-electron chi connectivity index (χ2n) is 3.09. The van der Waals surface area contributed by atoms with Crippen molar-refractivity contribution in [1.82, 2.24) is 0 Å². The van der Waals surface area contributed by atoms with Crippen LogP contribution in [0, 0.1) is 0 Å². The fourth-order valence-corrected chi connectivity index (χ4v) is 0.632. The Morgan fingerprint density at radius 3 is 2.00 bits per heavy atom. The predicted molar refractivity (Wildman–Crippen MR) is 37.8 cm³/mol. The molecule has 0 spiro atoms. The zero-order chi connectivity index (χ0) is 6.62. The SMILES string of the molecule is CCCCC(C)(C)N. The van der Waals surface area contributed by atoms with Crippen molar-refractivity contribution in [2.24, 2.45) is 5.73 Å². The first-order chi connectivity index (χ1) is 3.56. The van der Waals surface area contributed by atoms with Crippen LogP contribution in [0.2, 0.25) is 0 Å². The van der Waals surface area contributed by atoms with Gasteiger partial charge in [0.05, 0.1) is 0 Å². The van der Waals surface area contributed by atoms with Crippen molar-refractivity contribution in [1.29, 1.82) is 0 Å². The van der Waals surface area contributed by atoms with Crippen molar-refractivity contribution in [3.05, 3.63) is 0 Å². The standard InChI is InChI=1S/C7H17N/c1-4-5-6-7(2,3)8/h4-6,8H2,1-3H3. The summed E-state index contributed by atoms with van der Waals surface area (Å²) in [5.74, 6) is 0. The minimum Gasteiger partial charge on any atom is -0.326 e. The molecule has 1 nitrogen and oxygen atoms in total. The Morgan fingerprint density at radius 1 is 1.38 bits per heavy atom. The molecule has 50 valence electrons. The van der Waals surface area contributed by atoms with E-state index in [9.17, 15) is 0 Å². The highest BCUT2D eigenvalue weighted by Crippen LogP contribution is 2.07. The molecule has 0 heterocycles. The smallest absolute Gasteiger partial charge is 0.00970 e. The molecule has 8 heavy (non-hydrogen) atoms. The van der Waals surface area contributed by atoms with Crippen LogP contribution in [0.15, 0.2) is 0 Å². The predicted octanol–water partition coefficient (Wildman–Crippen LogP) is 1.91. The van der Waals surface area contributed by atoms with E-state index in [2.05, 4.69) is 20.8 Å². The van der Waals surface area contributed by atoms with Gasteiger partial charge in [0.2, 0.25) is 0 Å². The zero-order valence-electron chi connectivity index (χ0n) is 6.20. The van der Waals surface area contributed by atoms with E-state index in [0.717, 1.165) is 6.42 Å². The summed E-state index contributed by atoms with van der Waals surface area (Å²) < 4.78 is 0. The van der Waals surface area contributed by atoms with Crippen molar-refractivity contribution >= 4 is 0 Å². The van der Waals surface area contributed by atoms with E-state index in [0.29, 0.717) is 0 Å². The van der Waals surface area contributed by atoms with Gasteiger partial charge in [-0.05, 0) is 20.3 Å². The van der Waals surface area contributed by atoms with E-state index in [-0.39, 0.29) is 5.54 Å². The summed E-state index contributed by atoms with van der Waals surface area (Å²) in [4.78, 5) is 0. The van der Waals surface area contributed by atoms with Gasteiger partial charge in [-0.25, -0.2) is 0 Å². The van der Waals surface area contributed by atoms with Crippen LogP contribution in [-0.2, 0) is 0 Å². The monoisotopic (exact) mass is 115 g/mol. The summed E-state index contributed by atoms with van der Waals surface area (Å²) in [5, 5.41) is 0. The maximum absolute atomic E-state index is 5.72. The number of hydrogen-bond acceptors (Lipinski definition) is 1. The Balaban J connectivity index is 3.11. The lowest BCUT2D eigenvalue weighted by Gasteiger charge is -2.16. The zero-order valence-corrected chi connectivity index (χ0v) is 6.20. The number of nitrogens with two attached hydrogens (primary N) is 1. The van der Waals surface area contributed by atoms with Crippen molar-refractivity contribution in [2.45, 2.75) is 45.6 Å². The summed E-state index contributed by atoms with van der Waals surface area (Å²) in [6.45, 7) is 6.33. The Hall–Kier alpha value is -0.0400. The summed E-state index contributed by atoms with van der Waals surface area (Å²) in [5.41, 5.74) is 5.77. The molecule has 0 aliphatic carbocycles. The van der Waals surface area contributed by atoms with Crippen LogP contribution < -0.4 is 5.73 Å². The highest BCUT2D eigenvalue weighted by atomic mass is 14.7. The molecular formula is C7H17N. The second-order valence-corrected chi connectivity index (χ2v) is 3.09. The summed E-state index contributed by atoms with van der Waals surface area (Å²) in [6.07, 6.45) is 3.65. The third-order valence-electron chi connectivity index (χ3n) is 1.17. The molecule has 0 saturated heterocycles. The first kappa shape index (κ1) is 7.96. The van der Waals surface area contributed by atoms with E-state index < -0.39 is 0 Å². The van der Waals surface area contributed by atoms with Gasteiger partial charge >= 0.3 is 0 Å². The normalized spacial score (nSPS) is 12.0. The molecule has 0 rings (SSSR count). The molecule has 0 fully saturated rings. The lowest BCUT2D eigenvalue weighted by molar-refractivity contribution is 0.456. The maximum atomic E-state index is 5.72. The van der Waals surface area contributed by atoms with Crippen LogP contribution in [0.3, 0.4) is 0 Å². The molecule has 0 amide bonds. The van der Waals surface area contributed by atoms with E-state index in [1.807, 2.05) is 0 Å². The molecular weight excluding hydrogens is 98.1 g/mol. The third kappa shape index (κ3) is 5.96. The summed E-state index contributed by atoms with van der Waals surface area (Å²) in [6, 6.07) is 0. The third-order valence-corrected chi connectivity index (χ3v) is 1.17. The first-order valence-corrected chi connectivity index (χ1v) is 3.35. The van der Waals surface area contributed by atoms with Gasteiger partial charge in [0.15, 0.2) is 0 Å². The quantitative estimate of drug-likeness (QED) is 0.597. The van der Waals surface area contributed by atoms with E-state index in [1.54, 1.807) is 0 Å². The highest BCUT2D eigenvalue weighted by Gasteiger charge is 2.07. The lowest BCUT2D eigenvalue weighted by Crippen LogP contribution is -2.31. The van der Waals surface area contributed by atoms with Gasteiger partial charge in [-0.2, -0.15) is 0 Å². The summed E-state index contributed by atoms with van der Waals surface area (Å²) >= 11 is 0. The average Bonchev–Trinajstić information content (AvgIpc) is 1.59. The molecule has 0 aliphatic heterocycles. The molecule has 0 aromatic rings. The molecule has 0 atom stereocenters. The Bertz CT molecular complexity index is 51.9. The largest absolute Gasteiger partial charge is 0.326 e. The molecule has 0 unspecified atom stereocenters. The number of unbranched alkanes of at least 4 members (excludes halogenated alkanes) is 1. The van der Waals surface area contributed by atoms with Crippen LogP contribution in [-0.4, -0.2) is 5.54 Å². The minimum absolute atomic E-state index is 0.0516. The molecule has 0 radical (unpaired) electrons. The minimum atomic E-state index is 0.0516. The fraction of sp³-hybridized carbons (Fsp3) is 1.00. The van der Waals surface area contributed by atoms with Gasteiger partial charge in [-0.3, -0.25) is 0 Å². The van der Waals surface area contributed by atoms with Crippen LogP contribution in [0.25, 0.3) is 0 Å². The Kier molecular flexibility index (Phi) is 3.06. The second kappa shape index (κ2) is 3.08. The Labute approximate surface area is 52.3 Å². The van der Waals surface area contributed by atoms with E-state index in [1.165, 1.54) is 12.8 Å². The first-order valence-electron chi connectivity index (χ1n) is 3.35. The van der Waals surface area contributed by atoms with E-state index in [4.69, 9.17) is 5.73 Å². The van der Waals surface area contributed by atoms with E-state index >= 15 is 0 Å². The molecule has 2 N–H and O–H groups in total. The van der Waals surface area contributed by atoms with Gasteiger partial charge in [0, 0.05) is 5.54 Å². The van der Waals surface area contributed by atoms with Gasteiger partial charge in [-0.1, -0.05) is 19.8 Å². The Morgan fingerprint density at radius 2 is 1.88 bits per heavy atom. The maximum Gasteiger partial charge on any atom is 0.00970 e. The number of hydrogen-bond donors (Lipinski definition) is 1. The molecule has 0 saturated carbocycles. The van der Waals surface area contributed by atoms with Crippen LogP contribution in [0.4, 0.5) is 0 Å². The van der Waals surface area contributed by atoms with Crippen LogP contribution in [0.5, 0.6) is 0 Å².